The zero-order valence-electron chi connectivity index (χ0n) is 24.4. The third-order valence-corrected chi connectivity index (χ3v) is 7.78. The number of rotatable bonds is 15. The van der Waals surface area contributed by atoms with Crippen LogP contribution in [0, 0.1) is 0 Å². The Hall–Kier alpha value is -2.94. The number of hydrogen-bond donors (Lipinski definition) is 2. The number of Topliss-reactive ketones (excluding diaryl/α,β-unsaturated/α-hetero) is 1. The molecule has 0 aliphatic carbocycles. The zero-order valence-corrected chi connectivity index (χ0v) is 26.2. The van der Waals surface area contributed by atoms with Crippen LogP contribution < -0.4 is 15.0 Å². The fourth-order valence-electron chi connectivity index (χ4n) is 4.87. The summed E-state index contributed by atoms with van der Waals surface area (Å²) in [6, 6.07) is 5.70. The van der Waals surface area contributed by atoms with E-state index in [2.05, 4.69) is 25.2 Å². The molecule has 0 unspecified atom stereocenters. The third kappa shape index (κ3) is 8.80. The zero-order chi connectivity index (χ0) is 29.5. The van der Waals surface area contributed by atoms with Crippen LogP contribution in [0.3, 0.4) is 0 Å². The molecule has 2 aromatic heterocycles. The molecular weight excluding hydrogens is 596 g/mol. The fourth-order valence-corrected chi connectivity index (χ4v) is 5.20. The van der Waals surface area contributed by atoms with Crippen molar-refractivity contribution < 1.29 is 28.5 Å². The molecule has 0 spiro atoms. The van der Waals surface area contributed by atoms with E-state index in [1.165, 1.54) is 6.39 Å². The number of methoxy groups -OCH3 is 1. The molecule has 1 saturated heterocycles. The van der Waals surface area contributed by atoms with Gasteiger partial charge in [0.05, 0.1) is 43.2 Å². The highest BCUT2D eigenvalue weighted by molar-refractivity contribution is 7.59. The second-order valence-corrected chi connectivity index (χ2v) is 11.0. The Morgan fingerprint density at radius 2 is 2.16 bits per heavy atom. The number of β-amino-alcohol motifs (C(OH)–C–C–N with tert-alkyl or cyclic N) is 1. The molecule has 2 N–H and O–H groups in total. The number of aromatic nitrogens is 3. The van der Waals surface area contributed by atoms with Crippen molar-refractivity contribution in [3.05, 3.63) is 58.4 Å². The molecule has 0 bridgehead atoms. The first kappa shape index (κ1) is 33.0. The second kappa shape index (κ2) is 15.7. The van der Waals surface area contributed by atoms with E-state index in [9.17, 15) is 9.90 Å². The van der Waals surface area contributed by atoms with Crippen LogP contribution >= 0.6 is 25.1 Å². The number of halogens is 1. The molecular formula is C29H39ClN6O6S. The Labute approximate surface area is 263 Å². The molecule has 14 heteroatoms. The van der Waals surface area contributed by atoms with Gasteiger partial charge in [-0.2, -0.15) is 18.5 Å². The van der Waals surface area contributed by atoms with Gasteiger partial charge in [0.25, 0.3) is 0 Å². The number of aliphatic hydroxyl groups excluding tert-OH is 1. The lowest BCUT2D eigenvalue weighted by molar-refractivity contribution is 0.0209. The van der Waals surface area contributed by atoms with Crippen molar-refractivity contribution in [2.24, 2.45) is 0 Å². The summed E-state index contributed by atoms with van der Waals surface area (Å²) in [5, 5.41) is 14.7. The average Bonchev–Trinajstić information content (AvgIpc) is 3.50. The van der Waals surface area contributed by atoms with E-state index in [4.69, 9.17) is 30.2 Å². The Bertz CT molecular complexity index is 1350. The number of carbonyl (C=O) groups is 1. The first-order chi connectivity index (χ1) is 20.4. The number of hydrogen-bond acceptors (Lipinski definition) is 12. The number of ketones is 1. The molecule has 1 aromatic carbocycles. The van der Waals surface area contributed by atoms with Crippen LogP contribution in [0.4, 0.5) is 11.8 Å². The smallest absolute Gasteiger partial charge is 0.227 e. The number of ether oxygens (including phenoxy) is 3. The van der Waals surface area contributed by atoms with Crippen LogP contribution in [0.5, 0.6) is 5.75 Å². The molecule has 234 valence electrons. The summed E-state index contributed by atoms with van der Waals surface area (Å²) >= 11 is 6.66. The van der Waals surface area contributed by atoms with Gasteiger partial charge in [0.1, 0.15) is 23.9 Å². The molecule has 5 rings (SSSR count). The first-order valence-corrected chi connectivity index (χ1v) is 14.4. The number of aliphatic hydroxyl groups is 1. The van der Waals surface area contributed by atoms with Crippen LogP contribution in [0.1, 0.15) is 40.2 Å². The molecule has 0 radical (unpaired) electrons. The van der Waals surface area contributed by atoms with Crippen molar-refractivity contribution in [2.75, 3.05) is 63.8 Å². The van der Waals surface area contributed by atoms with E-state index in [0.717, 1.165) is 24.1 Å². The van der Waals surface area contributed by atoms with E-state index in [1.807, 2.05) is 24.1 Å². The van der Waals surface area contributed by atoms with Gasteiger partial charge >= 0.3 is 0 Å². The Balaban J connectivity index is 0.00000423. The molecule has 1 atom stereocenters. The van der Waals surface area contributed by atoms with Crippen LogP contribution in [0.2, 0.25) is 5.02 Å². The predicted molar refractivity (Wildman–Crippen MR) is 167 cm³/mol. The minimum atomic E-state index is -0.661. The summed E-state index contributed by atoms with van der Waals surface area (Å²) in [6.07, 6.45) is 3.55. The van der Waals surface area contributed by atoms with Gasteiger partial charge in [-0.05, 0) is 30.0 Å². The normalized spacial score (nSPS) is 15.6. The summed E-state index contributed by atoms with van der Waals surface area (Å²) in [5.74, 6) is 2.12. The monoisotopic (exact) mass is 634 g/mol. The minimum Gasteiger partial charge on any atom is -0.484 e. The molecule has 0 amide bonds. The lowest BCUT2D eigenvalue weighted by atomic mass is 9.98. The van der Waals surface area contributed by atoms with Crippen molar-refractivity contribution in [1.82, 2.24) is 19.9 Å². The van der Waals surface area contributed by atoms with Crippen molar-refractivity contribution >= 4 is 42.6 Å². The van der Waals surface area contributed by atoms with Gasteiger partial charge < -0.3 is 34.0 Å². The molecule has 2 aliphatic rings. The van der Waals surface area contributed by atoms with Gasteiger partial charge in [-0.3, -0.25) is 9.69 Å². The van der Waals surface area contributed by atoms with E-state index in [0.29, 0.717) is 79.9 Å². The maximum atomic E-state index is 13.2. The Morgan fingerprint density at radius 1 is 1.33 bits per heavy atom. The number of benzene rings is 1. The molecule has 0 saturated carbocycles. The van der Waals surface area contributed by atoms with Crippen LogP contribution in [0.25, 0.3) is 0 Å². The van der Waals surface area contributed by atoms with Gasteiger partial charge in [0.2, 0.25) is 5.95 Å². The molecule has 1 fully saturated rings. The summed E-state index contributed by atoms with van der Waals surface area (Å²) < 4.78 is 21.5. The summed E-state index contributed by atoms with van der Waals surface area (Å²) in [5.41, 5.74) is 2.48. The highest BCUT2D eigenvalue weighted by Crippen LogP contribution is 2.34. The summed E-state index contributed by atoms with van der Waals surface area (Å²) in [4.78, 5) is 30.2. The number of oxazole rings is 1. The quantitative estimate of drug-likeness (QED) is 0.238. The Morgan fingerprint density at radius 3 is 2.88 bits per heavy atom. The highest BCUT2D eigenvalue weighted by Gasteiger charge is 2.24. The maximum Gasteiger partial charge on any atom is 0.227 e. The third-order valence-electron chi connectivity index (χ3n) is 7.37. The topological polar surface area (TPSA) is 135 Å². The minimum absolute atomic E-state index is 0. The summed E-state index contributed by atoms with van der Waals surface area (Å²) in [6.45, 7) is 4.40. The van der Waals surface area contributed by atoms with Crippen LogP contribution in [0.15, 0.2) is 35.2 Å². The number of anilines is 2. The second-order valence-electron chi connectivity index (χ2n) is 10.6. The standard InChI is InChI=1S/C29H37ClN6O6.H2S/c1-35(9-10-39-2)29-33-24(11-27(34-29)32-20-15-40-16-20)25(38)5-4-21(37)14-36-8-7-23-19(13-36)3-6-26(28(23)30)41-17-22-12-31-18-42-22;/h3,6,11-12,18,20-21,37H,4-5,7-10,13-17H2,1-2H3,(H,32,33,34);1H2/t21-;/m0./s1. The number of fused-ring (bicyclic) bond motifs is 1. The van der Waals surface area contributed by atoms with Gasteiger partial charge in [0, 0.05) is 52.8 Å². The van der Waals surface area contributed by atoms with Gasteiger partial charge in [-0.25, -0.2) is 9.97 Å². The lowest BCUT2D eigenvalue weighted by Crippen LogP contribution is -2.40. The molecule has 2 aliphatic heterocycles. The van der Waals surface area contributed by atoms with Crippen molar-refractivity contribution in [2.45, 2.75) is 44.6 Å². The first-order valence-electron chi connectivity index (χ1n) is 14.1. The van der Waals surface area contributed by atoms with Crippen molar-refractivity contribution in [3.63, 3.8) is 0 Å². The summed E-state index contributed by atoms with van der Waals surface area (Å²) in [7, 11) is 3.49. The van der Waals surface area contributed by atoms with Crippen molar-refractivity contribution in [3.8, 4) is 5.75 Å². The van der Waals surface area contributed by atoms with Crippen LogP contribution in [-0.2, 0) is 29.0 Å². The van der Waals surface area contributed by atoms with Crippen molar-refractivity contribution in [1.29, 1.82) is 0 Å². The van der Waals surface area contributed by atoms with E-state index < -0.39 is 6.10 Å². The number of carbonyl (C=O) groups excluding carboxylic acids is 1. The number of nitrogens with zero attached hydrogens (tertiary/aromatic N) is 5. The lowest BCUT2D eigenvalue weighted by Gasteiger charge is -2.31. The highest BCUT2D eigenvalue weighted by atomic mass is 35.5. The maximum absolute atomic E-state index is 13.2. The van der Waals surface area contributed by atoms with E-state index >= 15 is 0 Å². The Kier molecular flexibility index (Phi) is 12.0. The van der Waals surface area contributed by atoms with Gasteiger partial charge in [-0.1, -0.05) is 17.7 Å². The SMILES string of the molecule is COCCN(C)c1nc(NC2COC2)cc(C(=O)CC[C@H](O)CN2CCc3c(ccc(OCc4cnco4)c3Cl)C2)n1.S. The molecule has 43 heavy (non-hydrogen) atoms. The number of nitrogens with one attached hydrogen (secondary N) is 1. The van der Waals surface area contributed by atoms with Gasteiger partial charge in [0.15, 0.2) is 17.9 Å². The molecule has 4 heterocycles. The average molecular weight is 635 g/mol. The van der Waals surface area contributed by atoms with E-state index in [1.54, 1.807) is 19.4 Å². The van der Waals surface area contributed by atoms with Crippen LogP contribution in [-0.4, -0.2) is 96.5 Å². The van der Waals surface area contributed by atoms with Gasteiger partial charge in [-0.15, -0.1) is 0 Å². The predicted octanol–water partition coefficient (Wildman–Crippen LogP) is 3.09. The fraction of sp³-hybridized carbons (Fsp3) is 0.517. The molecule has 12 nitrogen and oxygen atoms in total. The largest absolute Gasteiger partial charge is 0.484 e. The number of likely N-dealkylation sites (N-methyl/N-ethyl adjacent to an activating group) is 1. The molecule has 3 aromatic rings. The van der Waals surface area contributed by atoms with E-state index in [-0.39, 0.29) is 38.3 Å².